The molecule has 0 spiro atoms. The topological polar surface area (TPSA) is 75.7 Å². The lowest BCUT2D eigenvalue weighted by Gasteiger charge is -2.25. The molecule has 36 heavy (non-hydrogen) atoms. The number of sulfonamides is 1. The van der Waals surface area contributed by atoms with Crippen molar-refractivity contribution in [1.29, 1.82) is 0 Å². The van der Waals surface area contributed by atoms with E-state index in [9.17, 15) is 13.2 Å². The molecule has 1 amide bonds. The Bertz CT molecular complexity index is 1420. The Morgan fingerprint density at radius 3 is 2.08 bits per heavy atom. The van der Waals surface area contributed by atoms with Crippen LogP contribution in [-0.4, -0.2) is 20.9 Å². The first-order valence-corrected chi connectivity index (χ1v) is 13.0. The maximum Gasteiger partial charge on any atom is 0.264 e. The van der Waals surface area contributed by atoms with Crippen LogP contribution in [-0.2, 0) is 21.4 Å². The maximum absolute atomic E-state index is 13.5. The zero-order chi connectivity index (χ0) is 25.5. The van der Waals surface area contributed by atoms with Crippen LogP contribution in [0.4, 0.5) is 11.4 Å². The van der Waals surface area contributed by atoms with Gasteiger partial charge in [0, 0.05) is 5.69 Å². The summed E-state index contributed by atoms with van der Waals surface area (Å²) >= 11 is 0. The molecule has 4 rings (SSSR count). The summed E-state index contributed by atoms with van der Waals surface area (Å²) in [6.07, 6.45) is 0. The molecule has 0 aliphatic rings. The first-order chi connectivity index (χ1) is 17.3. The number of rotatable bonds is 9. The number of hydrogen-bond acceptors (Lipinski definition) is 4. The molecule has 0 heterocycles. The van der Waals surface area contributed by atoms with Crippen molar-refractivity contribution in [3.63, 3.8) is 0 Å². The van der Waals surface area contributed by atoms with E-state index in [1.807, 2.05) is 50.2 Å². The Balaban J connectivity index is 1.49. The molecule has 184 valence electrons. The molecule has 0 aliphatic carbocycles. The number of hydrogen-bond donors (Lipinski definition) is 1. The lowest BCUT2D eigenvalue weighted by atomic mass is 10.1. The van der Waals surface area contributed by atoms with Crippen LogP contribution in [0.2, 0.25) is 0 Å². The summed E-state index contributed by atoms with van der Waals surface area (Å²) in [5.41, 5.74) is 4.01. The van der Waals surface area contributed by atoms with E-state index in [0.717, 1.165) is 21.0 Å². The number of nitrogens with one attached hydrogen (secondary N) is 1. The van der Waals surface area contributed by atoms with Gasteiger partial charge in [-0.15, -0.1) is 0 Å². The highest BCUT2D eigenvalue weighted by Gasteiger charge is 2.27. The molecule has 4 aromatic carbocycles. The van der Waals surface area contributed by atoms with Crippen molar-refractivity contribution in [2.24, 2.45) is 0 Å². The van der Waals surface area contributed by atoms with E-state index in [1.165, 1.54) is 12.1 Å². The Morgan fingerprint density at radius 1 is 0.806 bits per heavy atom. The Kier molecular flexibility index (Phi) is 7.71. The summed E-state index contributed by atoms with van der Waals surface area (Å²) in [5, 5.41) is 2.79. The van der Waals surface area contributed by atoms with E-state index < -0.39 is 15.9 Å². The molecule has 0 aromatic heterocycles. The Labute approximate surface area is 212 Å². The molecule has 0 fully saturated rings. The second-order valence-electron chi connectivity index (χ2n) is 8.44. The van der Waals surface area contributed by atoms with E-state index in [2.05, 4.69) is 5.32 Å². The fourth-order valence-corrected chi connectivity index (χ4v) is 5.06. The fraction of sp³-hybridized carbons (Fsp3) is 0.138. The van der Waals surface area contributed by atoms with Crippen LogP contribution in [0.15, 0.2) is 108 Å². The normalized spacial score (nSPS) is 11.1. The predicted octanol–water partition coefficient (Wildman–Crippen LogP) is 5.72. The van der Waals surface area contributed by atoms with Gasteiger partial charge < -0.3 is 10.1 Å². The third-order valence-electron chi connectivity index (χ3n) is 5.78. The lowest BCUT2D eigenvalue weighted by molar-refractivity contribution is -0.114. The number of benzene rings is 4. The summed E-state index contributed by atoms with van der Waals surface area (Å²) in [5.74, 6) is 0.214. The third-order valence-corrected chi connectivity index (χ3v) is 7.57. The number of ether oxygens (including phenoxy) is 1. The van der Waals surface area contributed by atoms with Gasteiger partial charge in [-0.25, -0.2) is 8.42 Å². The van der Waals surface area contributed by atoms with Crippen molar-refractivity contribution in [3.8, 4) is 5.75 Å². The molecule has 0 saturated heterocycles. The van der Waals surface area contributed by atoms with Crippen LogP contribution in [0.5, 0.6) is 5.75 Å². The molecule has 0 radical (unpaired) electrons. The van der Waals surface area contributed by atoms with Crippen molar-refractivity contribution >= 4 is 27.3 Å². The van der Waals surface area contributed by atoms with Crippen LogP contribution < -0.4 is 14.4 Å². The van der Waals surface area contributed by atoms with Crippen molar-refractivity contribution in [3.05, 3.63) is 120 Å². The Morgan fingerprint density at radius 2 is 1.44 bits per heavy atom. The van der Waals surface area contributed by atoms with Crippen LogP contribution in [0.3, 0.4) is 0 Å². The maximum atomic E-state index is 13.5. The molecule has 7 heteroatoms. The quantitative estimate of drug-likeness (QED) is 0.319. The van der Waals surface area contributed by atoms with Gasteiger partial charge in [0.1, 0.15) is 18.9 Å². The standard InChI is InChI=1S/C29H28N2O4S/c1-22-13-16-26(19-23(22)2)31(36(33,34)28-11-7-4-8-12-28)20-29(32)30-25-14-17-27(18-15-25)35-21-24-9-5-3-6-10-24/h3-19H,20-21H2,1-2H3,(H,30,32). The lowest BCUT2D eigenvalue weighted by Crippen LogP contribution is -2.38. The van der Waals surface area contributed by atoms with Crippen molar-refractivity contribution in [1.82, 2.24) is 0 Å². The number of anilines is 2. The van der Waals surface area contributed by atoms with Crippen LogP contribution in [0.25, 0.3) is 0 Å². The average Bonchev–Trinajstić information content (AvgIpc) is 2.89. The van der Waals surface area contributed by atoms with Gasteiger partial charge in [0.05, 0.1) is 10.6 Å². The van der Waals surface area contributed by atoms with Gasteiger partial charge in [-0.2, -0.15) is 0 Å². The Hall–Kier alpha value is -4.10. The third kappa shape index (κ3) is 6.12. The molecule has 0 atom stereocenters. The monoisotopic (exact) mass is 500 g/mol. The molecular weight excluding hydrogens is 472 g/mol. The second-order valence-corrected chi connectivity index (χ2v) is 10.3. The summed E-state index contributed by atoms with van der Waals surface area (Å²) in [6.45, 7) is 3.93. The van der Waals surface area contributed by atoms with Gasteiger partial charge in [-0.05, 0) is 79.1 Å². The minimum Gasteiger partial charge on any atom is -0.489 e. The number of amides is 1. The van der Waals surface area contributed by atoms with Gasteiger partial charge in [-0.3, -0.25) is 9.10 Å². The molecule has 4 aromatic rings. The zero-order valence-corrected chi connectivity index (χ0v) is 21.0. The van der Waals surface area contributed by atoms with E-state index in [-0.39, 0.29) is 11.4 Å². The largest absolute Gasteiger partial charge is 0.489 e. The van der Waals surface area contributed by atoms with E-state index in [4.69, 9.17) is 4.74 Å². The molecular formula is C29H28N2O4S. The smallest absolute Gasteiger partial charge is 0.264 e. The molecule has 0 saturated carbocycles. The molecule has 0 aliphatic heterocycles. The van der Waals surface area contributed by atoms with Gasteiger partial charge >= 0.3 is 0 Å². The average molecular weight is 501 g/mol. The summed E-state index contributed by atoms with van der Waals surface area (Å²) in [4.78, 5) is 13.1. The number of carbonyl (C=O) groups excluding carboxylic acids is 1. The van der Waals surface area contributed by atoms with E-state index >= 15 is 0 Å². The zero-order valence-electron chi connectivity index (χ0n) is 20.2. The van der Waals surface area contributed by atoms with Gasteiger partial charge in [0.15, 0.2) is 0 Å². The van der Waals surface area contributed by atoms with Crippen molar-refractivity contribution in [2.45, 2.75) is 25.3 Å². The minimum atomic E-state index is -3.96. The van der Waals surface area contributed by atoms with E-state index in [1.54, 1.807) is 54.6 Å². The number of nitrogens with zero attached hydrogens (tertiary/aromatic N) is 1. The van der Waals surface area contributed by atoms with Crippen LogP contribution in [0.1, 0.15) is 16.7 Å². The summed E-state index contributed by atoms with van der Waals surface area (Å²) in [7, 11) is -3.96. The summed E-state index contributed by atoms with van der Waals surface area (Å²) in [6, 6.07) is 30.3. The SMILES string of the molecule is Cc1ccc(N(CC(=O)Nc2ccc(OCc3ccccc3)cc2)S(=O)(=O)c2ccccc2)cc1C. The fourth-order valence-electron chi connectivity index (χ4n) is 3.62. The minimum absolute atomic E-state index is 0.121. The molecule has 6 nitrogen and oxygen atoms in total. The molecule has 0 unspecified atom stereocenters. The first kappa shape index (κ1) is 25.0. The second kappa shape index (κ2) is 11.1. The van der Waals surface area contributed by atoms with Crippen LogP contribution in [0, 0.1) is 13.8 Å². The van der Waals surface area contributed by atoms with Crippen LogP contribution >= 0.6 is 0 Å². The van der Waals surface area contributed by atoms with Gasteiger partial charge in [-0.1, -0.05) is 54.6 Å². The highest BCUT2D eigenvalue weighted by molar-refractivity contribution is 7.92. The molecule has 0 bridgehead atoms. The summed E-state index contributed by atoms with van der Waals surface area (Å²) < 4.78 is 33.9. The van der Waals surface area contributed by atoms with Crippen molar-refractivity contribution < 1.29 is 17.9 Å². The van der Waals surface area contributed by atoms with Gasteiger partial charge in [0.25, 0.3) is 10.0 Å². The first-order valence-electron chi connectivity index (χ1n) is 11.5. The van der Waals surface area contributed by atoms with Gasteiger partial charge in [0.2, 0.25) is 5.91 Å². The van der Waals surface area contributed by atoms with E-state index in [0.29, 0.717) is 23.7 Å². The highest BCUT2D eigenvalue weighted by atomic mass is 32.2. The molecule has 1 N–H and O–H groups in total. The number of aryl methyl sites for hydroxylation is 2. The number of carbonyl (C=O) groups is 1. The van der Waals surface area contributed by atoms with Crippen molar-refractivity contribution in [2.75, 3.05) is 16.2 Å². The highest BCUT2D eigenvalue weighted by Crippen LogP contribution is 2.26. The predicted molar refractivity (Wildman–Crippen MR) is 143 cm³/mol.